The SMILES string of the molecule is Nc1cccc2c1CCCN2CC(=O)Nc1nc2c(s1)CCC2. The molecule has 5 nitrogen and oxygen atoms in total. The summed E-state index contributed by atoms with van der Waals surface area (Å²) in [5, 5.41) is 3.70. The van der Waals surface area contributed by atoms with Gasteiger partial charge in [0.2, 0.25) is 5.91 Å². The molecule has 0 saturated heterocycles. The maximum Gasteiger partial charge on any atom is 0.245 e. The van der Waals surface area contributed by atoms with Crippen molar-refractivity contribution in [2.45, 2.75) is 32.1 Å². The Hall–Kier alpha value is -2.08. The summed E-state index contributed by atoms with van der Waals surface area (Å²) in [6.07, 6.45) is 5.34. The molecule has 0 unspecified atom stereocenters. The molecular formula is C17H20N4OS. The summed E-state index contributed by atoms with van der Waals surface area (Å²) >= 11 is 1.62. The fourth-order valence-corrected chi connectivity index (χ4v) is 4.53. The Kier molecular flexibility index (Phi) is 3.69. The molecule has 1 aliphatic heterocycles. The summed E-state index contributed by atoms with van der Waals surface area (Å²) in [6, 6.07) is 5.94. The molecule has 2 heterocycles. The quantitative estimate of drug-likeness (QED) is 0.850. The molecule has 23 heavy (non-hydrogen) atoms. The van der Waals surface area contributed by atoms with Gasteiger partial charge in [-0.15, -0.1) is 11.3 Å². The van der Waals surface area contributed by atoms with Crippen molar-refractivity contribution in [3.63, 3.8) is 0 Å². The molecule has 120 valence electrons. The molecule has 0 atom stereocenters. The third kappa shape index (κ3) is 2.79. The third-order valence-electron chi connectivity index (χ3n) is 4.56. The number of amides is 1. The van der Waals surface area contributed by atoms with E-state index in [2.05, 4.69) is 21.3 Å². The van der Waals surface area contributed by atoms with E-state index in [1.54, 1.807) is 11.3 Å². The highest BCUT2D eigenvalue weighted by Gasteiger charge is 2.22. The largest absolute Gasteiger partial charge is 0.398 e. The number of nitrogen functional groups attached to an aromatic ring is 1. The number of thiazole rings is 1. The molecule has 1 aromatic carbocycles. The summed E-state index contributed by atoms with van der Waals surface area (Å²) in [5.74, 6) is -0.00676. The van der Waals surface area contributed by atoms with Crippen LogP contribution in [0.15, 0.2) is 18.2 Å². The lowest BCUT2D eigenvalue weighted by Gasteiger charge is -2.31. The predicted molar refractivity (Wildman–Crippen MR) is 94.2 cm³/mol. The zero-order valence-electron chi connectivity index (χ0n) is 13.0. The molecule has 4 rings (SSSR count). The number of hydrogen-bond acceptors (Lipinski definition) is 5. The number of fused-ring (bicyclic) bond motifs is 2. The molecule has 6 heteroatoms. The minimum Gasteiger partial charge on any atom is -0.398 e. The van der Waals surface area contributed by atoms with Crippen molar-refractivity contribution in [1.82, 2.24) is 4.98 Å². The molecule has 3 N–H and O–H groups in total. The number of nitrogens with one attached hydrogen (secondary N) is 1. The second-order valence-electron chi connectivity index (χ2n) is 6.16. The highest BCUT2D eigenvalue weighted by molar-refractivity contribution is 7.15. The van der Waals surface area contributed by atoms with Gasteiger partial charge in [-0.1, -0.05) is 6.07 Å². The number of aryl methyl sites for hydroxylation is 2. The zero-order valence-corrected chi connectivity index (χ0v) is 13.8. The van der Waals surface area contributed by atoms with Crippen molar-refractivity contribution in [2.24, 2.45) is 0 Å². The monoisotopic (exact) mass is 328 g/mol. The van der Waals surface area contributed by atoms with Gasteiger partial charge in [0, 0.05) is 22.8 Å². The van der Waals surface area contributed by atoms with E-state index in [0.717, 1.165) is 48.7 Å². The molecule has 0 radical (unpaired) electrons. The molecule has 1 aliphatic carbocycles. The highest BCUT2D eigenvalue weighted by atomic mass is 32.1. The average Bonchev–Trinajstić information content (AvgIpc) is 3.09. The number of carbonyl (C=O) groups is 1. The van der Waals surface area contributed by atoms with Crippen LogP contribution < -0.4 is 16.0 Å². The van der Waals surface area contributed by atoms with E-state index in [9.17, 15) is 4.79 Å². The molecule has 2 aromatic rings. The molecule has 0 bridgehead atoms. The summed E-state index contributed by atoms with van der Waals surface area (Å²) in [6.45, 7) is 1.24. The van der Waals surface area contributed by atoms with Crippen LogP contribution in [0.25, 0.3) is 0 Å². The highest BCUT2D eigenvalue weighted by Crippen LogP contribution is 2.32. The number of hydrogen-bond donors (Lipinski definition) is 2. The van der Waals surface area contributed by atoms with E-state index in [1.165, 1.54) is 22.6 Å². The van der Waals surface area contributed by atoms with E-state index in [0.29, 0.717) is 6.54 Å². The number of benzene rings is 1. The standard InChI is InChI=1S/C17H20N4OS/c18-12-5-1-7-14-11(12)4-3-9-21(14)10-16(22)20-17-19-13-6-2-8-15(13)23-17/h1,5,7H,2-4,6,8-10,18H2,(H,19,20,22). The predicted octanol–water partition coefficient (Wildman–Crippen LogP) is 2.61. The van der Waals surface area contributed by atoms with Gasteiger partial charge in [-0.05, 0) is 49.8 Å². The lowest BCUT2D eigenvalue weighted by Crippen LogP contribution is -2.37. The Bertz CT molecular complexity index is 734. The first-order valence-electron chi connectivity index (χ1n) is 8.11. The van der Waals surface area contributed by atoms with Crippen LogP contribution in [-0.2, 0) is 24.1 Å². The zero-order chi connectivity index (χ0) is 15.8. The van der Waals surface area contributed by atoms with Crippen molar-refractivity contribution in [3.05, 3.63) is 34.3 Å². The van der Waals surface area contributed by atoms with Gasteiger partial charge >= 0.3 is 0 Å². The van der Waals surface area contributed by atoms with Gasteiger partial charge in [0.05, 0.1) is 12.2 Å². The Morgan fingerprint density at radius 2 is 2.22 bits per heavy atom. The van der Waals surface area contributed by atoms with Crippen LogP contribution in [0, 0.1) is 0 Å². The maximum absolute atomic E-state index is 12.4. The lowest BCUT2D eigenvalue weighted by atomic mass is 10.00. The Balaban J connectivity index is 1.46. The minimum absolute atomic E-state index is 0.00676. The first-order valence-corrected chi connectivity index (χ1v) is 8.93. The number of rotatable bonds is 3. The molecular weight excluding hydrogens is 308 g/mol. The summed E-state index contributed by atoms with van der Waals surface area (Å²) in [4.78, 5) is 20.4. The van der Waals surface area contributed by atoms with E-state index in [-0.39, 0.29) is 5.91 Å². The number of anilines is 3. The average molecular weight is 328 g/mol. The van der Waals surface area contributed by atoms with Gasteiger partial charge in [0.1, 0.15) is 0 Å². The van der Waals surface area contributed by atoms with E-state index < -0.39 is 0 Å². The number of nitrogens with two attached hydrogens (primary N) is 1. The molecule has 0 saturated carbocycles. The van der Waals surface area contributed by atoms with Crippen LogP contribution >= 0.6 is 11.3 Å². The molecule has 1 aromatic heterocycles. The second kappa shape index (κ2) is 5.85. The first-order chi connectivity index (χ1) is 11.2. The number of nitrogens with zero attached hydrogens (tertiary/aromatic N) is 2. The van der Waals surface area contributed by atoms with Gasteiger partial charge in [0.25, 0.3) is 0 Å². The van der Waals surface area contributed by atoms with Crippen LogP contribution in [0.4, 0.5) is 16.5 Å². The van der Waals surface area contributed by atoms with Gasteiger partial charge in [0.15, 0.2) is 5.13 Å². The van der Waals surface area contributed by atoms with Crippen LogP contribution in [-0.4, -0.2) is 24.0 Å². The molecule has 0 fully saturated rings. The first kappa shape index (κ1) is 14.5. The van der Waals surface area contributed by atoms with Crippen molar-refractivity contribution in [3.8, 4) is 0 Å². The van der Waals surface area contributed by atoms with Gasteiger partial charge in [-0.3, -0.25) is 4.79 Å². The van der Waals surface area contributed by atoms with E-state index in [1.807, 2.05) is 12.1 Å². The van der Waals surface area contributed by atoms with Gasteiger partial charge in [-0.2, -0.15) is 0 Å². The second-order valence-corrected chi connectivity index (χ2v) is 7.24. The molecule has 1 amide bonds. The third-order valence-corrected chi connectivity index (χ3v) is 5.63. The topological polar surface area (TPSA) is 71.2 Å². The van der Waals surface area contributed by atoms with E-state index >= 15 is 0 Å². The van der Waals surface area contributed by atoms with Crippen molar-refractivity contribution in [2.75, 3.05) is 29.0 Å². The van der Waals surface area contributed by atoms with Crippen LogP contribution in [0.1, 0.15) is 29.0 Å². The Labute approximate surface area is 139 Å². The maximum atomic E-state index is 12.4. The molecule has 0 spiro atoms. The normalized spacial score (nSPS) is 16.1. The van der Waals surface area contributed by atoms with Crippen LogP contribution in [0.3, 0.4) is 0 Å². The lowest BCUT2D eigenvalue weighted by molar-refractivity contribution is -0.115. The van der Waals surface area contributed by atoms with Crippen LogP contribution in [0.2, 0.25) is 0 Å². The summed E-state index contributed by atoms with van der Waals surface area (Å²) in [7, 11) is 0. The Morgan fingerprint density at radius 3 is 3.09 bits per heavy atom. The fourth-order valence-electron chi connectivity index (χ4n) is 3.47. The minimum atomic E-state index is -0.00676. The summed E-state index contributed by atoms with van der Waals surface area (Å²) < 4.78 is 0. The van der Waals surface area contributed by atoms with Crippen LogP contribution in [0.5, 0.6) is 0 Å². The van der Waals surface area contributed by atoms with Gasteiger partial charge in [-0.25, -0.2) is 4.98 Å². The molecule has 2 aliphatic rings. The van der Waals surface area contributed by atoms with E-state index in [4.69, 9.17) is 5.73 Å². The van der Waals surface area contributed by atoms with Crippen molar-refractivity contribution >= 4 is 33.8 Å². The van der Waals surface area contributed by atoms with Crippen molar-refractivity contribution < 1.29 is 4.79 Å². The Morgan fingerprint density at radius 1 is 1.30 bits per heavy atom. The number of aromatic nitrogens is 1. The fraction of sp³-hybridized carbons (Fsp3) is 0.412. The summed E-state index contributed by atoms with van der Waals surface area (Å²) in [5.41, 5.74) is 10.3. The van der Waals surface area contributed by atoms with Crippen molar-refractivity contribution in [1.29, 1.82) is 0 Å². The number of carbonyl (C=O) groups excluding carboxylic acids is 1. The smallest absolute Gasteiger partial charge is 0.245 e. The van der Waals surface area contributed by atoms with Gasteiger partial charge < -0.3 is 16.0 Å².